The topological polar surface area (TPSA) is 82.3 Å². The molecule has 1 aromatic carbocycles. The zero-order valence-corrected chi connectivity index (χ0v) is 13.4. The van der Waals surface area contributed by atoms with Crippen LogP contribution in [-0.2, 0) is 4.79 Å². The van der Waals surface area contributed by atoms with Gasteiger partial charge in [-0.2, -0.15) is 5.26 Å². The SMILES string of the molecule is CCC(CC)C(O)CNC(=O)C(C)Oc1ccccc1C#N. The number of nitrogens with zero attached hydrogens (tertiary/aromatic N) is 1. The average molecular weight is 304 g/mol. The van der Waals surface area contributed by atoms with E-state index in [1.165, 1.54) is 0 Å². The van der Waals surface area contributed by atoms with Crippen molar-refractivity contribution in [2.24, 2.45) is 5.92 Å². The smallest absolute Gasteiger partial charge is 0.260 e. The maximum Gasteiger partial charge on any atom is 0.260 e. The van der Waals surface area contributed by atoms with Gasteiger partial charge in [-0.05, 0) is 25.0 Å². The molecule has 0 saturated carbocycles. The molecular formula is C17H24N2O3. The molecule has 2 atom stereocenters. The van der Waals surface area contributed by atoms with Crippen molar-refractivity contribution >= 4 is 5.91 Å². The molecule has 1 amide bonds. The highest BCUT2D eigenvalue weighted by Gasteiger charge is 2.20. The van der Waals surface area contributed by atoms with Gasteiger partial charge in [-0.25, -0.2) is 0 Å². The first-order valence-corrected chi connectivity index (χ1v) is 7.64. The number of ether oxygens (including phenoxy) is 1. The first-order valence-electron chi connectivity index (χ1n) is 7.64. The molecule has 2 unspecified atom stereocenters. The van der Waals surface area contributed by atoms with Gasteiger partial charge in [-0.1, -0.05) is 38.8 Å². The van der Waals surface area contributed by atoms with Crippen molar-refractivity contribution in [3.05, 3.63) is 29.8 Å². The molecule has 1 aromatic rings. The minimum atomic E-state index is -0.733. The van der Waals surface area contributed by atoms with E-state index in [0.717, 1.165) is 12.8 Å². The highest BCUT2D eigenvalue weighted by Crippen LogP contribution is 2.18. The van der Waals surface area contributed by atoms with Crippen molar-refractivity contribution in [3.63, 3.8) is 0 Å². The van der Waals surface area contributed by atoms with Crippen LogP contribution < -0.4 is 10.1 Å². The second kappa shape index (κ2) is 9.06. The van der Waals surface area contributed by atoms with E-state index < -0.39 is 12.2 Å². The summed E-state index contributed by atoms with van der Waals surface area (Å²) in [7, 11) is 0. The van der Waals surface area contributed by atoms with Gasteiger partial charge in [0.25, 0.3) is 5.91 Å². The number of benzene rings is 1. The van der Waals surface area contributed by atoms with E-state index in [1.54, 1.807) is 31.2 Å². The Bertz CT molecular complexity index is 521. The molecule has 0 aliphatic carbocycles. The van der Waals surface area contributed by atoms with E-state index in [-0.39, 0.29) is 18.4 Å². The van der Waals surface area contributed by atoms with Crippen LogP contribution in [0.1, 0.15) is 39.2 Å². The Morgan fingerprint density at radius 2 is 2.00 bits per heavy atom. The average Bonchev–Trinajstić information content (AvgIpc) is 2.54. The Balaban J connectivity index is 2.54. The minimum Gasteiger partial charge on any atom is -0.480 e. The van der Waals surface area contributed by atoms with Gasteiger partial charge < -0.3 is 15.2 Å². The zero-order valence-electron chi connectivity index (χ0n) is 13.4. The van der Waals surface area contributed by atoms with E-state index >= 15 is 0 Å². The van der Waals surface area contributed by atoms with Gasteiger partial charge in [-0.3, -0.25) is 4.79 Å². The molecule has 0 fully saturated rings. The fourth-order valence-corrected chi connectivity index (χ4v) is 2.25. The number of aliphatic hydroxyl groups excluding tert-OH is 1. The summed E-state index contributed by atoms with van der Waals surface area (Å²) >= 11 is 0. The number of hydrogen-bond donors (Lipinski definition) is 2. The molecular weight excluding hydrogens is 280 g/mol. The molecule has 0 saturated heterocycles. The number of carbonyl (C=O) groups excluding carboxylic acids is 1. The van der Waals surface area contributed by atoms with Gasteiger partial charge in [0.15, 0.2) is 6.10 Å². The predicted molar refractivity (Wildman–Crippen MR) is 84.3 cm³/mol. The van der Waals surface area contributed by atoms with E-state index in [0.29, 0.717) is 11.3 Å². The number of amides is 1. The standard InChI is InChI=1S/C17H24N2O3/c1-4-13(5-2)15(20)11-19-17(21)12(3)22-16-9-7-6-8-14(16)10-18/h6-9,12-13,15,20H,4-5,11H2,1-3H3,(H,19,21). The van der Waals surface area contributed by atoms with Crippen LogP contribution in [0.2, 0.25) is 0 Å². The molecule has 0 aliphatic rings. The van der Waals surface area contributed by atoms with E-state index in [2.05, 4.69) is 5.32 Å². The van der Waals surface area contributed by atoms with Crippen LogP contribution in [0.25, 0.3) is 0 Å². The summed E-state index contributed by atoms with van der Waals surface area (Å²) in [5, 5.41) is 21.7. The van der Waals surface area contributed by atoms with Crippen LogP contribution in [0.5, 0.6) is 5.75 Å². The normalized spacial score (nSPS) is 13.3. The quantitative estimate of drug-likeness (QED) is 0.771. The Hall–Kier alpha value is -2.06. The lowest BCUT2D eigenvalue weighted by atomic mass is 9.96. The van der Waals surface area contributed by atoms with Gasteiger partial charge in [0.2, 0.25) is 0 Å². The fraction of sp³-hybridized carbons (Fsp3) is 0.529. The largest absolute Gasteiger partial charge is 0.480 e. The van der Waals surface area contributed by atoms with Crippen LogP contribution in [0.15, 0.2) is 24.3 Å². The summed E-state index contributed by atoms with van der Waals surface area (Å²) in [5.41, 5.74) is 0.388. The first-order chi connectivity index (χ1) is 10.5. The highest BCUT2D eigenvalue weighted by atomic mass is 16.5. The number of rotatable bonds is 8. The first kappa shape index (κ1) is 18.0. The molecule has 0 radical (unpaired) electrons. The van der Waals surface area contributed by atoms with Crippen molar-refractivity contribution in [2.75, 3.05) is 6.54 Å². The minimum absolute atomic E-state index is 0.177. The number of nitriles is 1. The van der Waals surface area contributed by atoms with Crippen LogP contribution in [0.4, 0.5) is 0 Å². The van der Waals surface area contributed by atoms with Crippen LogP contribution >= 0.6 is 0 Å². The van der Waals surface area contributed by atoms with E-state index in [4.69, 9.17) is 10.00 Å². The van der Waals surface area contributed by atoms with Crippen LogP contribution in [0.3, 0.4) is 0 Å². The van der Waals surface area contributed by atoms with E-state index in [9.17, 15) is 9.90 Å². The monoisotopic (exact) mass is 304 g/mol. The van der Waals surface area contributed by atoms with Crippen LogP contribution in [0, 0.1) is 17.2 Å². The number of hydrogen-bond acceptors (Lipinski definition) is 4. The molecule has 5 heteroatoms. The molecule has 5 nitrogen and oxygen atoms in total. The summed E-state index contributed by atoms with van der Waals surface area (Å²) < 4.78 is 5.53. The van der Waals surface area contributed by atoms with Crippen molar-refractivity contribution in [2.45, 2.75) is 45.8 Å². The van der Waals surface area contributed by atoms with Crippen molar-refractivity contribution in [1.82, 2.24) is 5.32 Å². The van der Waals surface area contributed by atoms with Gasteiger partial charge in [0, 0.05) is 6.54 Å². The second-order valence-corrected chi connectivity index (χ2v) is 5.26. The van der Waals surface area contributed by atoms with E-state index in [1.807, 2.05) is 19.9 Å². The second-order valence-electron chi connectivity index (χ2n) is 5.26. The lowest BCUT2D eigenvalue weighted by Gasteiger charge is -2.21. The molecule has 0 spiro atoms. The number of aliphatic hydroxyl groups is 1. The molecule has 1 rings (SSSR count). The number of nitrogens with one attached hydrogen (secondary N) is 1. The summed E-state index contributed by atoms with van der Waals surface area (Å²) in [6.45, 7) is 5.86. The lowest BCUT2D eigenvalue weighted by molar-refractivity contribution is -0.127. The fourth-order valence-electron chi connectivity index (χ4n) is 2.25. The molecule has 0 aliphatic heterocycles. The van der Waals surface area contributed by atoms with Crippen molar-refractivity contribution < 1.29 is 14.6 Å². The Labute approximate surface area is 131 Å². The summed E-state index contributed by atoms with van der Waals surface area (Å²) in [6.07, 6.45) is 0.450. The van der Waals surface area contributed by atoms with Crippen molar-refractivity contribution in [1.29, 1.82) is 5.26 Å². The lowest BCUT2D eigenvalue weighted by Crippen LogP contribution is -2.42. The molecule has 22 heavy (non-hydrogen) atoms. The maximum absolute atomic E-state index is 12.0. The summed E-state index contributed by atoms with van der Waals surface area (Å²) in [6, 6.07) is 8.80. The number of carbonyl (C=O) groups is 1. The van der Waals surface area contributed by atoms with Gasteiger partial charge in [0.1, 0.15) is 11.8 Å². The number of para-hydroxylation sites is 1. The van der Waals surface area contributed by atoms with Crippen LogP contribution in [-0.4, -0.2) is 29.8 Å². The molecule has 120 valence electrons. The third-order valence-electron chi connectivity index (χ3n) is 3.76. The Morgan fingerprint density at radius 1 is 1.36 bits per heavy atom. The highest BCUT2D eigenvalue weighted by molar-refractivity contribution is 5.80. The third kappa shape index (κ3) is 5.05. The maximum atomic E-state index is 12.0. The summed E-state index contributed by atoms with van der Waals surface area (Å²) in [5.74, 6) is 0.252. The zero-order chi connectivity index (χ0) is 16.5. The van der Waals surface area contributed by atoms with Gasteiger partial charge in [-0.15, -0.1) is 0 Å². The van der Waals surface area contributed by atoms with Crippen molar-refractivity contribution in [3.8, 4) is 11.8 Å². The molecule has 2 N–H and O–H groups in total. The molecule has 0 aromatic heterocycles. The molecule has 0 bridgehead atoms. The third-order valence-corrected chi connectivity index (χ3v) is 3.76. The Kier molecular flexibility index (Phi) is 7.41. The predicted octanol–water partition coefficient (Wildman–Crippen LogP) is 2.24. The van der Waals surface area contributed by atoms with Gasteiger partial charge in [0.05, 0.1) is 11.7 Å². The van der Waals surface area contributed by atoms with Gasteiger partial charge >= 0.3 is 0 Å². The summed E-state index contributed by atoms with van der Waals surface area (Å²) in [4.78, 5) is 12.0. The Morgan fingerprint density at radius 3 is 2.59 bits per heavy atom. The molecule has 0 heterocycles.